The van der Waals surface area contributed by atoms with Crippen LogP contribution in [0, 0.1) is 5.82 Å². The second kappa shape index (κ2) is 11.3. The summed E-state index contributed by atoms with van der Waals surface area (Å²) in [5, 5.41) is 5.58. The van der Waals surface area contributed by atoms with E-state index in [2.05, 4.69) is 10.6 Å². The van der Waals surface area contributed by atoms with Gasteiger partial charge in [0.1, 0.15) is 5.82 Å². The fourth-order valence-electron chi connectivity index (χ4n) is 3.61. The molecule has 0 aliphatic heterocycles. The van der Waals surface area contributed by atoms with E-state index >= 15 is 0 Å². The van der Waals surface area contributed by atoms with Crippen LogP contribution in [-0.4, -0.2) is 38.9 Å². The molecule has 3 rings (SSSR count). The summed E-state index contributed by atoms with van der Waals surface area (Å²) < 4.78 is 42.1. The van der Waals surface area contributed by atoms with Gasteiger partial charge in [-0.15, -0.1) is 0 Å². The molecule has 186 valence electrons. The minimum atomic E-state index is -3.96. The number of benzene rings is 3. The number of sulfonamides is 1. The lowest BCUT2D eigenvalue weighted by Gasteiger charge is -2.26. The maximum absolute atomic E-state index is 13.6. The van der Waals surface area contributed by atoms with Crippen LogP contribution in [0.25, 0.3) is 0 Å². The number of amides is 2. The van der Waals surface area contributed by atoms with Gasteiger partial charge in [-0.25, -0.2) is 17.6 Å². The Bertz CT molecular complexity index is 1250. The highest BCUT2D eigenvalue weighted by molar-refractivity contribution is 7.89. The van der Waals surface area contributed by atoms with Crippen molar-refractivity contribution in [3.8, 4) is 0 Å². The van der Waals surface area contributed by atoms with E-state index in [1.165, 1.54) is 16.4 Å². The van der Waals surface area contributed by atoms with Crippen LogP contribution in [-0.2, 0) is 23.1 Å². The third-order valence-corrected chi connectivity index (χ3v) is 7.04. The molecule has 0 aliphatic carbocycles. The first-order valence-electron chi connectivity index (χ1n) is 11.2. The molecule has 0 aromatic heterocycles. The number of urea groups is 1. The molecule has 0 saturated heterocycles. The van der Waals surface area contributed by atoms with Crippen LogP contribution < -0.4 is 15.5 Å². The summed E-state index contributed by atoms with van der Waals surface area (Å²) in [4.78, 5) is 14.1. The molecule has 0 bridgehead atoms. The van der Waals surface area contributed by atoms with Crippen molar-refractivity contribution in [2.24, 2.45) is 0 Å². The molecule has 9 heteroatoms. The Morgan fingerprint density at radius 3 is 2.20 bits per heavy atom. The smallest absolute Gasteiger partial charge is 0.319 e. The molecule has 0 atom stereocenters. The van der Waals surface area contributed by atoms with Crippen molar-refractivity contribution in [1.82, 2.24) is 9.62 Å². The predicted octanol–water partition coefficient (Wildman–Crippen LogP) is 4.81. The van der Waals surface area contributed by atoms with Crippen LogP contribution in [0.15, 0.2) is 77.7 Å². The molecule has 0 unspecified atom stereocenters. The molecule has 2 amide bonds. The highest BCUT2D eigenvalue weighted by Crippen LogP contribution is 2.28. The number of nitrogens with zero attached hydrogens (tertiary/aromatic N) is 2. The lowest BCUT2D eigenvalue weighted by Crippen LogP contribution is -2.34. The fraction of sp³-hybridized carbons (Fsp3) is 0.269. The van der Waals surface area contributed by atoms with Gasteiger partial charge in [-0.1, -0.05) is 30.3 Å². The van der Waals surface area contributed by atoms with E-state index in [1.54, 1.807) is 12.1 Å². The second-order valence-corrected chi connectivity index (χ2v) is 10.6. The average molecular weight is 499 g/mol. The Kier molecular flexibility index (Phi) is 8.48. The van der Waals surface area contributed by atoms with Gasteiger partial charge in [0.05, 0.1) is 4.90 Å². The van der Waals surface area contributed by atoms with Gasteiger partial charge < -0.3 is 15.5 Å². The number of halogens is 1. The number of hydrogen-bond donors (Lipinski definition) is 2. The Hall–Kier alpha value is -3.43. The van der Waals surface area contributed by atoms with E-state index in [0.29, 0.717) is 11.3 Å². The third-order valence-electron chi connectivity index (χ3n) is 5.24. The predicted molar refractivity (Wildman–Crippen MR) is 137 cm³/mol. The van der Waals surface area contributed by atoms with E-state index in [9.17, 15) is 17.6 Å². The summed E-state index contributed by atoms with van der Waals surface area (Å²) in [5.74, 6) is -0.507. The van der Waals surface area contributed by atoms with Gasteiger partial charge in [-0.2, -0.15) is 4.31 Å². The van der Waals surface area contributed by atoms with Gasteiger partial charge in [0.2, 0.25) is 10.0 Å². The zero-order chi connectivity index (χ0) is 25.6. The normalized spacial score (nSPS) is 11.5. The number of nitrogens with one attached hydrogen (secondary N) is 2. The zero-order valence-corrected chi connectivity index (χ0v) is 21.1. The number of hydrogen-bond acceptors (Lipinski definition) is 4. The van der Waals surface area contributed by atoms with Gasteiger partial charge in [0.15, 0.2) is 0 Å². The van der Waals surface area contributed by atoms with Gasteiger partial charge in [-0.05, 0) is 67.4 Å². The van der Waals surface area contributed by atoms with Crippen molar-refractivity contribution in [1.29, 1.82) is 0 Å². The van der Waals surface area contributed by atoms with E-state index in [4.69, 9.17) is 0 Å². The molecule has 0 aliphatic rings. The molecule has 0 heterocycles. The molecule has 3 aromatic rings. The third kappa shape index (κ3) is 7.03. The largest absolute Gasteiger partial charge is 0.377 e. The summed E-state index contributed by atoms with van der Waals surface area (Å²) >= 11 is 0. The summed E-state index contributed by atoms with van der Waals surface area (Å²) in [6.45, 7) is 3.90. The Labute approximate surface area is 206 Å². The molecule has 0 saturated carbocycles. The standard InChI is InChI=1S/C26H31FN4O3S/c1-19(2)28-26(32)29-23-12-15-25(30(3)4)21(16-23)18-31(17-20-8-6-5-7-9-20)35(33,34)24-13-10-22(27)11-14-24/h5-16,19H,17-18H2,1-4H3,(H2,28,29,32). The monoisotopic (exact) mass is 498 g/mol. The Morgan fingerprint density at radius 1 is 0.943 bits per heavy atom. The van der Waals surface area contributed by atoms with Crippen LogP contribution in [0.5, 0.6) is 0 Å². The maximum Gasteiger partial charge on any atom is 0.319 e. The van der Waals surface area contributed by atoms with Crippen molar-refractivity contribution in [3.05, 3.63) is 89.7 Å². The van der Waals surface area contributed by atoms with Crippen molar-refractivity contribution >= 4 is 27.4 Å². The first kappa shape index (κ1) is 26.2. The van der Waals surface area contributed by atoms with Crippen LogP contribution in [0.2, 0.25) is 0 Å². The summed E-state index contributed by atoms with van der Waals surface area (Å²) in [5.41, 5.74) is 2.88. The molecule has 0 radical (unpaired) electrons. The topological polar surface area (TPSA) is 81.8 Å². The van der Waals surface area contributed by atoms with Gasteiger partial charge in [0, 0.05) is 44.6 Å². The quantitative estimate of drug-likeness (QED) is 0.444. The maximum atomic E-state index is 13.6. The molecular weight excluding hydrogens is 467 g/mol. The minimum Gasteiger partial charge on any atom is -0.377 e. The Morgan fingerprint density at radius 2 is 1.60 bits per heavy atom. The first-order valence-corrected chi connectivity index (χ1v) is 12.7. The number of anilines is 2. The molecule has 3 aromatic carbocycles. The summed E-state index contributed by atoms with van der Waals surface area (Å²) in [7, 11) is -0.223. The average Bonchev–Trinajstić information content (AvgIpc) is 2.79. The Balaban J connectivity index is 2.01. The number of carbonyl (C=O) groups excluding carboxylic acids is 1. The summed E-state index contributed by atoms with van der Waals surface area (Å²) in [6.07, 6.45) is 0. The molecular formula is C26H31FN4O3S. The lowest BCUT2D eigenvalue weighted by molar-refractivity contribution is 0.250. The fourth-order valence-corrected chi connectivity index (χ4v) is 5.02. The SMILES string of the molecule is CC(C)NC(=O)Nc1ccc(N(C)C)c(CN(Cc2ccccc2)S(=O)(=O)c2ccc(F)cc2)c1. The van der Waals surface area contributed by atoms with Crippen molar-refractivity contribution in [2.45, 2.75) is 37.9 Å². The lowest BCUT2D eigenvalue weighted by atomic mass is 10.1. The van der Waals surface area contributed by atoms with Crippen LogP contribution in [0.3, 0.4) is 0 Å². The molecule has 35 heavy (non-hydrogen) atoms. The van der Waals surface area contributed by atoms with Crippen LogP contribution in [0.4, 0.5) is 20.6 Å². The van der Waals surface area contributed by atoms with E-state index in [0.717, 1.165) is 23.4 Å². The molecule has 7 nitrogen and oxygen atoms in total. The summed E-state index contributed by atoms with van der Waals surface area (Å²) in [6, 6.07) is 19.1. The van der Waals surface area contributed by atoms with Crippen molar-refractivity contribution in [3.63, 3.8) is 0 Å². The van der Waals surface area contributed by atoms with E-state index in [1.807, 2.05) is 69.2 Å². The van der Waals surface area contributed by atoms with Crippen molar-refractivity contribution in [2.75, 3.05) is 24.3 Å². The van der Waals surface area contributed by atoms with Crippen molar-refractivity contribution < 1.29 is 17.6 Å². The van der Waals surface area contributed by atoms with Crippen LogP contribution in [0.1, 0.15) is 25.0 Å². The first-order chi connectivity index (χ1) is 16.6. The molecule has 0 fully saturated rings. The highest BCUT2D eigenvalue weighted by atomic mass is 32.2. The van der Waals surface area contributed by atoms with Gasteiger partial charge in [0.25, 0.3) is 0 Å². The van der Waals surface area contributed by atoms with Gasteiger partial charge >= 0.3 is 6.03 Å². The van der Waals surface area contributed by atoms with E-state index in [-0.39, 0.29) is 30.1 Å². The number of rotatable bonds is 9. The minimum absolute atomic E-state index is 0.00632. The highest BCUT2D eigenvalue weighted by Gasteiger charge is 2.26. The number of carbonyl (C=O) groups is 1. The molecule has 0 spiro atoms. The molecule has 2 N–H and O–H groups in total. The van der Waals surface area contributed by atoms with Gasteiger partial charge in [-0.3, -0.25) is 0 Å². The second-order valence-electron chi connectivity index (χ2n) is 8.70. The zero-order valence-electron chi connectivity index (χ0n) is 20.3. The van der Waals surface area contributed by atoms with Crippen LogP contribution >= 0.6 is 0 Å². The van der Waals surface area contributed by atoms with E-state index < -0.39 is 15.8 Å².